The number of halogens is 3. The molecule has 2 aromatic heterocycles. The Morgan fingerprint density at radius 3 is 2.75 bits per heavy atom. The van der Waals surface area contributed by atoms with Crippen molar-refractivity contribution in [1.82, 2.24) is 14.6 Å². The number of hydrogen-bond acceptors (Lipinski definition) is 4. The molecule has 1 N–H and O–H groups in total. The standard InChI is InChI=1S/C15H11F3N4OS/c1-8(24-15-21-20-11-4-2-3-7-22(11)15)14(23)19-10-6-5-9(16)12(17)13(10)18/h2-8H,1H3,(H,19,23). The fraction of sp³-hybridized carbons (Fsp3) is 0.133. The molecule has 0 aliphatic heterocycles. The lowest BCUT2D eigenvalue weighted by Gasteiger charge is -2.12. The molecular formula is C15H11F3N4OS. The van der Waals surface area contributed by atoms with Crippen LogP contribution in [0, 0.1) is 17.5 Å². The first-order chi connectivity index (χ1) is 11.5. The van der Waals surface area contributed by atoms with Gasteiger partial charge in [0.15, 0.2) is 28.3 Å². The SMILES string of the molecule is CC(Sc1nnc2ccccn12)C(=O)Nc1ccc(F)c(F)c1F. The third-order valence-corrected chi connectivity index (χ3v) is 4.28. The van der Waals surface area contributed by atoms with Gasteiger partial charge in [0.05, 0.1) is 10.9 Å². The Hall–Kier alpha value is -2.55. The van der Waals surface area contributed by atoms with E-state index in [-0.39, 0.29) is 0 Å². The molecule has 0 fully saturated rings. The number of carbonyl (C=O) groups excluding carboxylic acids is 1. The van der Waals surface area contributed by atoms with Crippen molar-refractivity contribution in [3.8, 4) is 0 Å². The molecule has 5 nitrogen and oxygen atoms in total. The van der Waals surface area contributed by atoms with Crippen molar-refractivity contribution in [1.29, 1.82) is 0 Å². The lowest BCUT2D eigenvalue weighted by molar-refractivity contribution is -0.115. The highest BCUT2D eigenvalue weighted by molar-refractivity contribution is 8.00. The van der Waals surface area contributed by atoms with Crippen LogP contribution < -0.4 is 5.32 Å². The quantitative estimate of drug-likeness (QED) is 0.578. The van der Waals surface area contributed by atoms with Gasteiger partial charge in [0.25, 0.3) is 0 Å². The van der Waals surface area contributed by atoms with Crippen molar-refractivity contribution in [3.05, 3.63) is 54.0 Å². The second-order valence-corrected chi connectivity index (χ2v) is 6.19. The third-order valence-electron chi connectivity index (χ3n) is 3.23. The van der Waals surface area contributed by atoms with E-state index in [1.165, 1.54) is 0 Å². The van der Waals surface area contributed by atoms with E-state index in [2.05, 4.69) is 15.5 Å². The number of nitrogens with zero attached hydrogens (tertiary/aromatic N) is 3. The number of carbonyl (C=O) groups is 1. The highest BCUT2D eigenvalue weighted by Gasteiger charge is 2.21. The maximum absolute atomic E-state index is 13.6. The van der Waals surface area contributed by atoms with Crippen LogP contribution in [0.4, 0.5) is 18.9 Å². The zero-order chi connectivity index (χ0) is 17.3. The number of amides is 1. The molecule has 0 aliphatic carbocycles. The van der Waals surface area contributed by atoms with Crippen LogP contribution >= 0.6 is 11.8 Å². The van der Waals surface area contributed by atoms with Crippen molar-refractivity contribution >= 4 is 29.0 Å². The van der Waals surface area contributed by atoms with Gasteiger partial charge in [-0.3, -0.25) is 9.20 Å². The Morgan fingerprint density at radius 2 is 1.96 bits per heavy atom. The van der Waals surface area contributed by atoms with Gasteiger partial charge >= 0.3 is 0 Å². The molecule has 0 saturated carbocycles. The minimum atomic E-state index is -1.63. The summed E-state index contributed by atoms with van der Waals surface area (Å²) in [5.41, 5.74) is 0.205. The first kappa shape index (κ1) is 16.3. The molecule has 0 radical (unpaired) electrons. The highest BCUT2D eigenvalue weighted by Crippen LogP contribution is 2.24. The van der Waals surface area contributed by atoms with Crippen LogP contribution in [0.3, 0.4) is 0 Å². The van der Waals surface area contributed by atoms with E-state index in [1.807, 2.05) is 0 Å². The van der Waals surface area contributed by atoms with Crippen LogP contribution in [0.25, 0.3) is 5.65 Å². The van der Waals surface area contributed by atoms with E-state index in [0.29, 0.717) is 10.8 Å². The molecule has 2 heterocycles. The normalized spacial score (nSPS) is 12.3. The summed E-state index contributed by atoms with van der Waals surface area (Å²) in [6, 6.07) is 7.08. The van der Waals surface area contributed by atoms with Gasteiger partial charge < -0.3 is 5.32 Å². The molecule has 0 saturated heterocycles. The fourth-order valence-corrected chi connectivity index (χ4v) is 2.81. The van der Waals surface area contributed by atoms with E-state index in [1.54, 1.807) is 35.7 Å². The largest absolute Gasteiger partial charge is 0.323 e. The van der Waals surface area contributed by atoms with E-state index >= 15 is 0 Å². The maximum Gasteiger partial charge on any atom is 0.237 e. The maximum atomic E-state index is 13.6. The number of anilines is 1. The molecule has 0 aliphatic rings. The number of hydrogen-bond donors (Lipinski definition) is 1. The monoisotopic (exact) mass is 352 g/mol. The van der Waals surface area contributed by atoms with Gasteiger partial charge in [-0.25, -0.2) is 13.2 Å². The van der Waals surface area contributed by atoms with Gasteiger partial charge in [-0.05, 0) is 31.2 Å². The second-order valence-electron chi connectivity index (χ2n) is 4.88. The number of thioether (sulfide) groups is 1. The molecule has 1 aromatic carbocycles. The summed E-state index contributed by atoms with van der Waals surface area (Å²) in [6.07, 6.45) is 1.75. The first-order valence-corrected chi connectivity index (χ1v) is 7.76. The zero-order valence-corrected chi connectivity index (χ0v) is 13.1. The van der Waals surface area contributed by atoms with Gasteiger partial charge in [-0.2, -0.15) is 0 Å². The summed E-state index contributed by atoms with van der Waals surface area (Å²) in [5.74, 6) is -4.95. The molecular weight excluding hydrogens is 341 g/mol. The molecule has 9 heteroatoms. The van der Waals surface area contributed by atoms with Gasteiger partial charge in [0.1, 0.15) is 0 Å². The average molecular weight is 352 g/mol. The predicted molar refractivity (Wildman–Crippen MR) is 83.3 cm³/mol. The van der Waals surface area contributed by atoms with E-state index in [0.717, 1.165) is 23.9 Å². The van der Waals surface area contributed by atoms with Gasteiger partial charge in [0.2, 0.25) is 5.91 Å². The number of pyridine rings is 1. The Kier molecular flexibility index (Phi) is 4.43. The lowest BCUT2D eigenvalue weighted by Crippen LogP contribution is -2.23. The Morgan fingerprint density at radius 1 is 1.17 bits per heavy atom. The molecule has 0 spiro atoms. The van der Waals surface area contributed by atoms with Crippen molar-refractivity contribution in [3.63, 3.8) is 0 Å². The molecule has 3 rings (SSSR count). The van der Waals surface area contributed by atoms with Crippen LogP contribution in [0.2, 0.25) is 0 Å². The van der Waals surface area contributed by atoms with E-state index < -0.39 is 34.3 Å². The van der Waals surface area contributed by atoms with Crippen LogP contribution in [0.1, 0.15) is 6.92 Å². The Bertz CT molecular complexity index is 915. The second kappa shape index (κ2) is 6.52. The molecule has 24 heavy (non-hydrogen) atoms. The molecule has 1 amide bonds. The Labute approximate surface area is 138 Å². The summed E-state index contributed by atoms with van der Waals surface area (Å²) in [5, 5.41) is 10.0. The summed E-state index contributed by atoms with van der Waals surface area (Å²) in [4.78, 5) is 12.2. The van der Waals surface area contributed by atoms with Crippen molar-refractivity contribution in [2.75, 3.05) is 5.32 Å². The minimum absolute atomic E-state index is 0.419. The Balaban J connectivity index is 1.75. The van der Waals surface area contributed by atoms with Gasteiger partial charge in [-0.15, -0.1) is 10.2 Å². The topological polar surface area (TPSA) is 59.3 Å². The average Bonchev–Trinajstić information content (AvgIpc) is 2.98. The molecule has 3 aromatic rings. The van der Waals surface area contributed by atoms with E-state index in [9.17, 15) is 18.0 Å². The van der Waals surface area contributed by atoms with Gasteiger partial charge in [-0.1, -0.05) is 17.8 Å². The van der Waals surface area contributed by atoms with Crippen LogP contribution in [0.15, 0.2) is 41.7 Å². The van der Waals surface area contributed by atoms with Crippen molar-refractivity contribution in [2.45, 2.75) is 17.3 Å². The predicted octanol–water partition coefficient (Wildman–Crippen LogP) is 3.27. The summed E-state index contributed by atoms with van der Waals surface area (Å²) >= 11 is 1.11. The summed E-state index contributed by atoms with van der Waals surface area (Å²) in [6.45, 7) is 1.59. The molecule has 1 atom stereocenters. The number of rotatable bonds is 4. The van der Waals surface area contributed by atoms with Crippen LogP contribution in [-0.2, 0) is 4.79 Å². The molecule has 1 unspecified atom stereocenters. The fourth-order valence-electron chi connectivity index (χ4n) is 1.97. The number of benzene rings is 1. The lowest BCUT2D eigenvalue weighted by atomic mass is 10.2. The first-order valence-electron chi connectivity index (χ1n) is 6.88. The highest BCUT2D eigenvalue weighted by atomic mass is 32.2. The number of aromatic nitrogens is 3. The van der Waals surface area contributed by atoms with Crippen LogP contribution in [-0.4, -0.2) is 25.8 Å². The number of fused-ring (bicyclic) bond motifs is 1. The van der Waals surface area contributed by atoms with E-state index in [4.69, 9.17) is 0 Å². The zero-order valence-electron chi connectivity index (χ0n) is 12.3. The van der Waals surface area contributed by atoms with Crippen molar-refractivity contribution in [2.24, 2.45) is 0 Å². The number of nitrogens with one attached hydrogen (secondary N) is 1. The van der Waals surface area contributed by atoms with Crippen molar-refractivity contribution < 1.29 is 18.0 Å². The summed E-state index contributed by atoms with van der Waals surface area (Å²) in [7, 11) is 0. The smallest absolute Gasteiger partial charge is 0.237 e. The van der Waals surface area contributed by atoms with Gasteiger partial charge in [0, 0.05) is 6.20 Å². The molecule has 0 bridgehead atoms. The third kappa shape index (κ3) is 3.07. The van der Waals surface area contributed by atoms with Crippen LogP contribution in [0.5, 0.6) is 0 Å². The minimum Gasteiger partial charge on any atom is -0.323 e. The summed E-state index contributed by atoms with van der Waals surface area (Å²) < 4.78 is 41.4. The molecule has 124 valence electrons.